The van der Waals surface area contributed by atoms with Crippen LogP contribution in [0, 0.1) is 0 Å². The topological polar surface area (TPSA) is 49.8 Å². The van der Waals surface area contributed by atoms with Gasteiger partial charge in [-0.2, -0.15) is 11.8 Å². The minimum absolute atomic E-state index is 0. The number of nitrogens with one attached hydrogen (secondary N) is 1. The van der Waals surface area contributed by atoms with Crippen LogP contribution in [-0.4, -0.2) is 54.6 Å². The Kier molecular flexibility index (Phi) is 10.7. The normalized spacial score (nSPS) is 13.4. The SMILES string of the molecule is CN=C(NCC(C)(C)SC)N(C)Cc1csc(C(C)OC)n1.I. The standard InChI is InChI=1S/C15H28N4OS2.HI/c1-11(20-6)13-18-12(9-22-13)8-19(5)14(16-4)17-10-15(2,3)21-7;/h9,11H,8,10H2,1-7H3,(H,16,17);1H. The van der Waals surface area contributed by atoms with Crippen LogP contribution in [-0.2, 0) is 11.3 Å². The number of rotatable bonds is 7. The van der Waals surface area contributed by atoms with E-state index < -0.39 is 0 Å². The van der Waals surface area contributed by atoms with E-state index in [2.05, 4.69) is 45.7 Å². The molecule has 0 amide bonds. The number of methoxy groups -OCH3 is 1. The molecule has 0 fully saturated rings. The highest BCUT2D eigenvalue weighted by molar-refractivity contribution is 14.0. The van der Waals surface area contributed by atoms with Crippen LogP contribution in [0.1, 0.15) is 37.6 Å². The maximum absolute atomic E-state index is 5.31. The zero-order valence-corrected chi connectivity index (χ0v) is 19.0. The van der Waals surface area contributed by atoms with Crippen LogP contribution >= 0.6 is 47.1 Å². The van der Waals surface area contributed by atoms with Gasteiger partial charge in [0.05, 0.1) is 12.2 Å². The zero-order chi connectivity index (χ0) is 16.8. The monoisotopic (exact) mass is 472 g/mol. The van der Waals surface area contributed by atoms with Gasteiger partial charge < -0.3 is 15.0 Å². The van der Waals surface area contributed by atoms with E-state index in [0.717, 1.165) is 29.8 Å². The van der Waals surface area contributed by atoms with Crippen LogP contribution in [0.3, 0.4) is 0 Å². The zero-order valence-electron chi connectivity index (χ0n) is 15.0. The van der Waals surface area contributed by atoms with Crippen molar-refractivity contribution < 1.29 is 4.74 Å². The van der Waals surface area contributed by atoms with Crippen molar-refractivity contribution in [3.05, 3.63) is 16.1 Å². The average Bonchev–Trinajstić information content (AvgIpc) is 2.95. The fourth-order valence-corrected chi connectivity index (χ4v) is 2.81. The molecule has 1 rings (SSSR count). The van der Waals surface area contributed by atoms with Gasteiger partial charge in [-0.05, 0) is 27.0 Å². The maximum atomic E-state index is 5.31. The number of aromatic nitrogens is 1. The van der Waals surface area contributed by atoms with Gasteiger partial charge >= 0.3 is 0 Å². The predicted molar refractivity (Wildman–Crippen MR) is 113 cm³/mol. The second-order valence-electron chi connectivity index (χ2n) is 5.78. The Morgan fingerprint density at radius 2 is 2.22 bits per heavy atom. The quantitative estimate of drug-likeness (QED) is 0.373. The predicted octanol–water partition coefficient (Wildman–Crippen LogP) is 3.62. The number of hydrogen-bond donors (Lipinski definition) is 1. The van der Waals surface area contributed by atoms with Gasteiger partial charge in [-0.3, -0.25) is 4.99 Å². The Labute approximate surface area is 165 Å². The third-order valence-corrected chi connectivity index (χ3v) is 5.77. The van der Waals surface area contributed by atoms with Crippen molar-refractivity contribution in [3.63, 3.8) is 0 Å². The van der Waals surface area contributed by atoms with Crippen molar-refractivity contribution >= 4 is 53.0 Å². The Morgan fingerprint density at radius 3 is 2.74 bits per heavy atom. The van der Waals surface area contributed by atoms with E-state index in [1.807, 2.05) is 32.8 Å². The summed E-state index contributed by atoms with van der Waals surface area (Å²) < 4.78 is 5.49. The second-order valence-corrected chi connectivity index (χ2v) is 8.18. The first-order chi connectivity index (χ1) is 10.3. The molecule has 0 saturated carbocycles. The highest BCUT2D eigenvalue weighted by Gasteiger charge is 2.18. The number of thiazole rings is 1. The van der Waals surface area contributed by atoms with Gasteiger partial charge in [-0.25, -0.2) is 4.98 Å². The molecule has 1 heterocycles. The number of guanidine groups is 1. The summed E-state index contributed by atoms with van der Waals surface area (Å²) in [7, 11) is 5.54. The largest absolute Gasteiger partial charge is 0.375 e. The molecule has 0 radical (unpaired) electrons. The number of hydrogen-bond acceptors (Lipinski definition) is 5. The van der Waals surface area contributed by atoms with Crippen LogP contribution in [0.15, 0.2) is 10.4 Å². The summed E-state index contributed by atoms with van der Waals surface area (Å²) >= 11 is 3.48. The maximum Gasteiger partial charge on any atom is 0.193 e. The molecule has 1 aromatic heterocycles. The van der Waals surface area contributed by atoms with Crippen molar-refractivity contribution in [2.24, 2.45) is 4.99 Å². The lowest BCUT2D eigenvalue weighted by Crippen LogP contribution is -2.43. The summed E-state index contributed by atoms with van der Waals surface area (Å²) in [4.78, 5) is 11.1. The lowest BCUT2D eigenvalue weighted by atomic mass is 10.2. The summed E-state index contributed by atoms with van der Waals surface area (Å²) in [6.45, 7) is 8.05. The highest BCUT2D eigenvalue weighted by atomic mass is 127. The molecule has 8 heteroatoms. The minimum atomic E-state index is 0. The van der Waals surface area contributed by atoms with E-state index in [0.29, 0.717) is 0 Å². The number of halogens is 1. The van der Waals surface area contributed by atoms with Crippen LogP contribution in [0.5, 0.6) is 0 Å². The summed E-state index contributed by atoms with van der Waals surface area (Å²) in [5.41, 5.74) is 1.04. The molecule has 0 aromatic carbocycles. The lowest BCUT2D eigenvalue weighted by Gasteiger charge is -2.27. The molecule has 0 saturated heterocycles. The van der Waals surface area contributed by atoms with Crippen LogP contribution in [0.2, 0.25) is 0 Å². The van der Waals surface area contributed by atoms with Crippen LogP contribution in [0.4, 0.5) is 0 Å². The molecule has 0 aliphatic rings. The molecule has 134 valence electrons. The minimum Gasteiger partial charge on any atom is -0.375 e. The summed E-state index contributed by atoms with van der Waals surface area (Å²) in [6.07, 6.45) is 2.17. The van der Waals surface area contributed by atoms with Crippen molar-refractivity contribution in [2.45, 2.75) is 38.2 Å². The van der Waals surface area contributed by atoms with Crippen LogP contribution in [0.25, 0.3) is 0 Å². The highest BCUT2D eigenvalue weighted by Crippen LogP contribution is 2.21. The molecular formula is C15H29IN4OS2. The lowest BCUT2D eigenvalue weighted by molar-refractivity contribution is 0.119. The van der Waals surface area contributed by atoms with Gasteiger partial charge in [-0.15, -0.1) is 35.3 Å². The van der Waals surface area contributed by atoms with Crippen molar-refractivity contribution in [2.75, 3.05) is 34.0 Å². The Balaban J connectivity index is 0.00000484. The number of nitrogens with zero attached hydrogens (tertiary/aromatic N) is 3. The van der Waals surface area contributed by atoms with Gasteiger partial charge in [0.15, 0.2) is 5.96 Å². The van der Waals surface area contributed by atoms with E-state index in [1.165, 1.54) is 0 Å². The fraction of sp³-hybridized carbons (Fsp3) is 0.733. The van der Waals surface area contributed by atoms with Crippen molar-refractivity contribution in [3.8, 4) is 0 Å². The van der Waals surface area contributed by atoms with E-state index in [9.17, 15) is 0 Å². The van der Waals surface area contributed by atoms with E-state index in [4.69, 9.17) is 4.74 Å². The first-order valence-electron chi connectivity index (χ1n) is 7.27. The van der Waals surface area contributed by atoms with Crippen molar-refractivity contribution in [1.29, 1.82) is 0 Å². The first kappa shape index (κ1) is 22.9. The third-order valence-electron chi connectivity index (χ3n) is 3.47. The van der Waals surface area contributed by atoms with E-state index in [1.54, 1.807) is 18.4 Å². The van der Waals surface area contributed by atoms with Gasteiger partial charge in [0.1, 0.15) is 11.1 Å². The Morgan fingerprint density at radius 1 is 1.57 bits per heavy atom. The molecule has 0 aliphatic heterocycles. The summed E-state index contributed by atoms with van der Waals surface area (Å²) in [5.74, 6) is 0.886. The Hall–Kier alpha value is -0.0600. The molecule has 1 unspecified atom stereocenters. The fourth-order valence-electron chi connectivity index (χ4n) is 1.75. The second kappa shape index (κ2) is 10.7. The van der Waals surface area contributed by atoms with Gasteiger partial charge in [0.25, 0.3) is 0 Å². The number of thioether (sulfide) groups is 1. The Bertz CT molecular complexity index is 494. The van der Waals surface area contributed by atoms with Gasteiger partial charge in [0.2, 0.25) is 0 Å². The molecule has 1 N–H and O–H groups in total. The molecule has 0 spiro atoms. The number of ether oxygens (including phenoxy) is 1. The van der Waals surface area contributed by atoms with Crippen molar-refractivity contribution in [1.82, 2.24) is 15.2 Å². The summed E-state index contributed by atoms with van der Waals surface area (Å²) in [6, 6.07) is 0. The molecule has 1 aromatic rings. The van der Waals surface area contributed by atoms with E-state index in [-0.39, 0.29) is 34.8 Å². The molecule has 5 nitrogen and oxygen atoms in total. The summed E-state index contributed by atoms with van der Waals surface area (Å²) in [5, 5.41) is 6.52. The molecule has 0 aliphatic carbocycles. The first-order valence-corrected chi connectivity index (χ1v) is 9.37. The number of aliphatic imine (C=N–C) groups is 1. The van der Waals surface area contributed by atoms with E-state index >= 15 is 0 Å². The molecule has 0 bridgehead atoms. The van der Waals surface area contributed by atoms with Gasteiger partial charge in [-0.1, -0.05) is 0 Å². The third kappa shape index (κ3) is 7.57. The molecular weight excluding hydrogens is 443 g/mol. The molecule has 1 atom stereocenters. The van der Waals surface area contributed by atoms with Gasteiger partial charge in [0, 0.05) is 37.9 Å². The molecule has 23 heavy (non-hydrogen) atoms. The average molecular weight is 472 g/mol. The van der Waals surface area contributed by atoms with Crippen LogP contribution < -0.4 is 5.32 Å². The smallest absolute Gasteiger partial charge is 0.193 e.